The highest BCUT2D eigenvalue weighted by atomic mass is 19.4. The highest BCUT2D eigenvalue weighted by Gasteiger charge is 2.46. The lowest BCUT2D eigenvalue weighted by Crippen LogP contribution is -2.47. The molecule has 1 aromatic heterocycles. The fourth-order valence-electron chi connectivity index (χ4n) is 5.82. The summed E-state index contributed by atoms with van der Waals surface area (Å²) >= 11 is 0. The molecule has 3 aliphatic rings. The third kappa shape index (κ3) is 7.43. The molecule has 1 aliphatic carbocycles. The predicted molar refractivity (Wildman–Crippen MR) is 149 cm³/mol. The molecule has 15 heteroatoms. The Bertz CT molecular complexity index is 1330. The molecule has 0 bridgehead atoms. The van der Waals surface area contributed by atoms with Gasteiger partial charge in [0.2, 0.25) is 5.95 Å². The summed E-state index contributed by atoms with van der Waals surface area (Å²) in [5, 5.41) is 8.15. The number of rotatable bonds is 7. The molecule has 3 N–H and O–H groups in total. The number of alkyl halides is 5. The maximum Gasteiger partial charge on any atom is 0.401 e. The van der Waals surface area contributed by atoms with Crippen LogP contribution >= 0.6 is 0 Å². The Morgan fingerprint density at radius 1 is 1.14 bits per heavy atom. The minimum Gasteiger partial charge on any atom is -0.495 e. The molecule has 0 radical (unpaired) electrons. The van der Waals surface area contributed by atoms with E-state index in [9.17, 15) is 31.5 Å². The number of carbonyl (C=O) groups excluding carboxylic acids is 2. The smallest absolute Gasteiger partial charge is 0.401 e. The van der Waals surface area contributed by atoms with E-state index in [1.54, 1.807) is 12.1 Å². The van der Waals surface area contributed by atoms with E-state index < -0.39 is 31.1 Å². The van der Waals surface area contributed by atoms with Crippen molar-refractivity contribution < 1.29 is 36.3 Å². The Morgan fingerprint density at radius 3 is 2.53 bits per heavy atom. The molecule has 2 aromatic rings. The van der Waals surface area contributed by atoms with Crippen LogP contribution in [-0.2, 0) is 4.79 Å². The monoisotopic (exact) mass is 611 g/mol. The van der Waals surface area contributed by atoms with Gasteiger partial charge in [-0.15, -0.1) is 0 Å². The Hall–Kier alpha value is -3.75. The number of likely N-dealkylation sites (tertiary alicyclic amines) is 1. The molecule has 2 aliphatic heterocycles. The van der Waals surface area contributed by atoms with Crippen molar-refractivity contribution in [3.63, 3.8) is 0 Å². The van der Waals surface area contributed by atoms with Gasteiger partial charge in [0.25, 0.3) is 11.8 Å². The summed E-state index contributed by atoms with van der Waals surface area (Å²) in [6.45, 7) is -1.29. The number of aromatic nitrogens is 2. The number of amides is 2. The van der Waals surface area contributed by atoms with Gasteiger partial charge in [-0.05, 0) is 43.9 Å². The quantitative estimate of drug-likeness (QED) is 0.386. The van der Waals surface area contributed by atoms with Crippen molar-refractivity contribution in [1.29, 1.82) is 0 Å². The fourth-order valence-corrected chi connectivity index (χ4v) is 5.82. The molecule has 1 saturated carbocycles. The van der Waals surface area contributed by atoms with E-state index in [-0.39, 0.29) is 59.8 Å². The SMILES string of the molecule is COc1cc(C(=O)NC2CCN(CC(F)(F)F)CC2)ccc1Nc1ncc2c(n1)N(C1CCCCC1)CC(F)(F)C(=O)N2. The van der Waals surface area contributed by atoms with Gasteiger partial charge in [0.15, 0.2) is 5.82 Å². The van der Waals surface area contributed by atoms with Crippen LogP contribution in [0.25, 0.3) is 0 Å². The Morgan fingerprint density at radius 2 is 1.86 bits per heavy atom. The number of nitrogens with one attached hydrogen (secondary N) is 3. The minimum atomic E-state index is -4.26. The summed E-state index contributed by atoms with van der Waals surface area (Å²) in [5.41, 5.74) is 0.796. The Labute approximate surface area is 245 Å². The number of ether oxygens (including phenoxy) is 1. The first-order chi connectivity index (χ1) is 20.4. The second-order valence-electron chi connectivity index (χ2n) is 11.2. The highest BCUT2D eigenvalue weighted by molar-refractivity contribution is 6.00. The van der Waals surface area contributed by atoms with Crippen molar-refractivity contribution in [2.24, 2.45) is 0 Å². The normalized spacial score (nSPS) is 20.1. The van der Waals surface area contributed by atoms with E-state index in [0.29, 0.717) is 31.4 Å². The van der Waals surface area contributed by atoms with Gasteiger partial charge in [0, 0.05) is 30.7 Å². The highest BCUT2D eigenvalue weighted by Crippen LogP contribution is 2.37. The molecule has 5 rings (SSSR count). The summed E-state index contributed by atoms with van der Waals surface area (Å²) in [7, 11) is 1.42. The van der Waals surface area contributed by atoms with Crippen molar-refractivity contribution in [2.75, 3.05) is 48.8 Å². The molecule has 234 valence electrons. The molecule has 2 amide bonds. The maximum atomic E-state index is 14.7. The maximum absolute atomic E-state index is 14.7. The van der Waals surface area contributed by atoms with Crippen molar-refractivity contribution in [2.45, 2.75) is 69.1 Å². The lowest BCUT2D eigenvalue weighted by Gasteiger charge is -2.35. The number of hydrogen-bond acceptors (Lipinski definition) is 8. The predicted octanol–water partition coefficient (Wildman–Crippen LogP) is 4.71. The molecule has 43 heavy (non-hydrogen) atoms. The van der Waals surface area contributed by atoms with E-state index in [1.165, 1.54) is 29.2 Å². The molecule has 0 unspecified atom stereocenters. The van der Waals surface area contributed by atoms with Crippen LogP contribution in [0.3, 0.4) is 0 Å². The number of methoxy groups -OCH3 is 1. The van der Waals surface area contributed by atoms with Gasteiger partial charge in [-0.1, -0.05) is 19.3 Å². The average molecular weight is 612 g/mol. The van der Waals surface area contributed by atoms with Crippen molar-refractivity contribution in [3.8, 4) is 5.75 Å². The molecular formula is C28H34F5N7O3. The lowest BCUT2D eigenvalue weighted by atomic mass is 9.94. The number of hydrogen-bond donors (Lipinski definition) is 3. The molecule has 0 atom stereocenters. The summed E-state index contributed by atoms with van der Waals surface area (Å²) in [4.78, 5) is 36.7. The van der Waals surface area contributed by atoms with Crippen LogP contribution in [0.4, 0.5) is 45.1 Å². The molecule has 1 saturated heterocycles. The van der Waals surface area contributed by atoms with Crippen LogP contribution in [0.2, 0.25) is 0 Å². The number of halogens is 5. The summed E-state index contributed by atoms with van der Waals surface area (Å²) in [6, 6.07) is 4.20. The molecule has 0 spiro atoms. The van der Waals surface area contributed by atoms with Gasteiger partial charge in [-0.3, -0.25) is 14.5 Å². The van der Waals surface area contributed by atoms with Crippen molar-refractivity contribution in [3.05, 3.63) is 30.0 Å². The first-order valence-electron chi connectivity index (χ1n) is 14.3. The number of nitrogens with zero attached hydrogens (tertiary/aromatic N) is 4. The van der Waals surface area contributed by atoms with Crippen LogP contribution in [0.1, 0.15) is 55.3 Å². The van der Waals surface area contributed by atoms with Crippen molar-refractivity contribution in [1.82, 2.24) is 20.2 Å². The minimum absolute atomic E-state index is 0.0835. The van der Waals surface area contributed by atoms with Gasteiger partial charge in [-0.2, -0.15) is 26.9 Å². The molecular weight excluding hydrogens is 577 g/mol. The van der Waals surface area contributed by atoms with Crippen LogP contribution in [-0.4, -0.2) is 84.2 Å². The summed E-state index contributed by atoms with van der Waals surface area (Å²) < 4.78 is 72.8. The van der Waals surface area contributed by atoms with Gasteiger partial charge < -0.3 is 25.6 Å². The fraction of sp³-hybridized carbons (Fsp3) is 0.571. The molecule has 3 heterocycles. The number of anilines is 4. The average Bonchev–Trinajstić information content (AvgIpc) is 3.07. The molecule has 2 fully saturated rings. The number of fused-ring (bicyclic) bond motifs is 1. The van der Waals surface area contributed by atoms with Gasteiger partial charge in [0.05, 0.1) is 32.1 Å². The van der Waals surface area contributed by atoms with Crippen LogP contribution in [0.15, 0.2) is 24.4 Å². The number of piperidine rings is 1. The van der Waals surface area contributed by atoms with E-state index in [4.69, 9.17) is 4.74 Å². The summed E-state index contributed by atoms with van der Waals surface area (Å²) in [5.74, 6) is -4.83. The third-order valence-corrected chi connectivity index (χ3v) is 8.04. The Balaban J connectivity index is 1.29. The zero-order chi connectivity index (χ0) is 30.8. The van der Waals surface area contributed by atoms with E-state index in [0.717, 1.165) is 19.3 Å². The molecule has 1 aromatic carbocycles. The second-order valence-corrected chi connectivity index (χ2v) is 11.2. The van der Waals surface area contributed by atoms with Crippen LogP contribution < -0.4 is 25.6 Å². The van der Waals surface area contributed by atoms with Gasteiger partial charge >= 0.3 is 12.1 Å². The number of benzene rings is 1. The van der Waals surface area contributed by atoms with E-state index in [1.807, 2.05) is 0 Å². The second kappa shape index (κ2) is 12.5. The molecule has 10 nitrogen and oxygen atoms in total. The Kier molecular flexibility index (Phi) is 8.90. The summed E-state index contributed by atoms with van der Waals surface area (Å²) in [6.07, 6.45) is 2.07. The zero-order valence-corrected chi connectivity index (χ0v) is 23.6. The standard InChI is InChI=1S/C28H34F5N7O3/c1-43-22-13-17(24(41)35-18-9-11-39(12-10-18)16-28(31,32)33)7-8-20(22)37-26-34-14-21-23(38-26)40(19-5-3-2-4-6-19)15-27(29,30)25(42)36-21/h7-8,13-14,18-19H,2-6,9-12,15-16H2,1H3,(H,35,41)(H,36,42)(H,34,37,38). The van der Waals surface area contributed by atoms with Crippen LogP contribution in [0.5, 0.6) is 5.75 Å². The first-order valence-corrected chi connectivity index (χ1v) is 14.3. The van der Waals surface area contributed by atoms with E-state index >= 15 is 0 Å². The van der Waals surface area contributed by atoms with Crippen molar-refractivity contribution >= 4 is 35.0 Å². The largest absolute Gasteiger partial charge is 0.495 e. The zero-order valence-electron chi connectivity index (χ0n) is 23.6. The van der Waals surface area contributed by atoms with Gasteiger partial charge in [0.1, 0.15) is 11.4 Å². The topological polar surface area (TPSA) is 112 Å². The number of carbonyl (C=O) groups is 2. The van der Waals surface area contributed by atoms with Crippen LogP contribution in [0, 0.1) is 0 Å². The first kappa shape index (κ1) is 30.7. The van der Waals surface area contributed by atoms with E-state index in [2.05, 4.69) is 25.9 Å². The van der Waals surface area contributed by atoms with Gasteiger partial charge in [-0.25, -0.2) is 4.98 Å². The lowest BCUT2D eigenvalue weighted by molar-refractivity contribution is -0.148. The third-order valence-electron chi connectivity index (χ3n) is 8.04.